The first-order chi connectivity index (χ1) is 7.61. The number of hydrogen-bond donors (Lipinski definition) is 1. The number of carbonyl (C=O) groups is 1. The highest BCUT2D eigenvalue weighted by molar-refractivity contribution is 5.84. The number of benzene rings is 1. The van der Waals surface area contributed by atoms with Gasteiger partial charge in [0.2, 0.25) is 0 Å². The van der Waals surface area contributed by atoms with E-state index in [-0.39, 0.29) is 5.57 Å². The van der Waals surface area contributed by atoms with Gasteiger partial charge in [0, 0.05) is 17.2 Å². The Morgan fingerprint density at radius 1 is 1.25 bits per heavy atom. The molecule has 0 saturated carbocycles. The van der Waals surface area contributed by atoms with Crippen LogP contribution in [0.3, 0.4) is 0 Å². The Labute approximate surface area is 94.1 Å². The lowest BCUT2D eigenvalue weighted by atomic mass is 10.2. The van der Waals surface area contributed by atoms with Crippen molar-refractivity contribution in [2.45, 2.75) is 6.92 Å². The van der Waals surface area contributed by atoms with Crippen LogP contribution in [-0.2, 0) is 4.79 Å². The van der Waals surface area contributed by atoms with Crippen molar-refractivity contribution < 1.29 is 9.90 Å². The summed E-state index contributed by atoms with van der Waals surface area (Å²) in [5.74, 6) is -0.935. The van der Waals surface area contributed by atoms with Crippen LogP contribution in [0.5, 0.6) is 0 Å². The van der Waals surface area contributed by atoms with E-state index in [1.54, 1.807) is 0 Å². The summed E-state index contributed by atoms with van der Waals surface area (Å²) >= 11 is 0. The van der Waals surface area contributed by atoms with Gasteiger partial charge in [0.05, 0.1) is 5.52 Å². The van der Waals surface area contributed by atoms with Gasteiger partial charge in [0.1, 0.15) is 0 Å². The van der Waals surface area contributed by atoms with Crippen LogP contribution in [0.2, 0.25) is 0 Å². The molecule has 2 rings (SSSR count). The molecule has 1 aromatic heterocycles. The molecule has 0 atom stereocenters. The topological polar surface area (TPSA) is 50.2 Å². The van der Waals surface area contributed by atoms with Crippen LogP contribution in [0.4, 0.5) is 0 Å². The summed E-state index contributed by atoms with van der Waals surface area (Å²) in [6.45, 7) is 4.60. The maximum absolute atomic E-state index is 9.60. The van der Waals surface area contributed by atoms with Crippen molar-refractivity contribution >= 4 is 16.9 Å². The van der Waals surface area contributed by atoms with Crippen LogP contribution in [0.25, 0.3) is 10.9 Å². The Balaban J connectivity index is 0.000000187. The SMILES string of the molecule is C=C(C)C(=O)O.c1ccc2ncccc2c1. The summed E-state index contributed by atoms with van der Waals surface area (Å²) in [6, 6.07) is 12.1. The molecule has 0 aliphatic rings. The molecule has 16 heavy (non-hydrogen) atoms. The smallest absolute Gasteiger partial charge is 0.330 e. The summed E-state index contributed by atoms with van der Waals surface area (Å²) in [4.78, 5) is 13.8. The molecular weight excluding hydrogens is 202 g/mol. The Kier molecular flexibility index (Phi) is 4.21. The van der Waals surface area contributed by atoms with Gasteiger partial charge in [-0.1, -0.05) is 30.8 Å². The second-order valence-electron chi connectivity index (χ2n) is 3.28. The molecule has 82 valence electrons. The minimum Gasteiger partial charge on any atom is -0.478 e. The lowest BCUT2D eigenvalue weighted by molar-refractivity contribution is -0.132. The van der Waals surface area contributed by atoms with E-state index in [2.05, 4.69) is 23.7 Å². The van der Waals surface area contributed by atoms with Gasteiger partial charge in [-0.25, -0.2) is 4.79 Å². The maximum Gasteiger partial charge on any atom is 0.330 e. The van der Waals surface area contributed by atoms with E-state index in [4.69, 9.17) is 5.11 Å². The molecule has 0 aliphatic carbocycles. The molecule has 0 radical (unpaired) electrons. The first-order valence-electron chi connectivity index (χ1n) is 4.80. The fourth-order valence-electron chi connectivity index (χ4n) is 1.02. The van der Waals surface area contributed by atoms with Crippen LogP contribution in [0, 0.1) is 0 Å². The fourth-order valence-corrected chi connectivity index (χ4v) is 1.02. The lowest BCUT2D eigenvalue weighted by Gasteiger charge is -1.91. The van der Waals surface area contributed by atoms with Gasteiger partial charge in [-0.05, 0) is 19.1 Å². The summed E-state index contributed by atoms with van der Waals surface area (Å²) in [6.07, 6.45) is 1.81. The molecule has 0 fully saturated rings. The first-order valence-corrected chi connectivity index (χ1v) is 4.80. The highest BCUT2D eigenvalue weighted by Crippen LogP contribution is 2.07. The summed E-state index contributed by atoms with van der Waals surface area (Å²) in [5.41, 5.74) is 1.24. The molecule has 1 heterocycles. The van der Waals surface area contributed by atoms with Gasteiger partial charge in [-0.3, -0.25) is 4.98 Å². The summed E-state index contributed by atoms with van der Waals surface area (Å²) in [7, 11) is 0. The van der Waals surface area contributed by atoms with E-state index in [1.807, 2.05) is 30.5 Å². The average molecular weight is 215 g/mol. The van der Waals surface area contributed by atoms with Crippen LogP contribution in [0.1, 0.15) is 6.92 Å². The van der Waals surface area contributed by atoms with Crippen molar-refractivity contribution in [2.24, 2.45) is 0 Å². The standard InChI is InChI=1S/C9H7N.C4H6O2/c1-2-6-9-8(4-1)5-3-7-10-9;1-3(2)4(5)6/h1-7H;1H2,2H3,(H,5,6). The quantitative estimate of drug-likeness (QED) is 0.744. The number of fused-ring (bicyclic) bond motifs is 1. The number of aliphatic carboxylic acids is 1. The molecule has 0 aliphatic heterocycles. The third kappa shape index (κ3) is 3.53. The molecule has 0 bridgehead atoms. The number of hydrogen-bond acceptors (Lipinski definition) is 2. The Morgan fingerprint density at radius 3 is 2.38 bits per heavy atom. The molecule has 2 aromatic rings. The third-order valence-electron chi connectivity index (χ3n) is 1.88. The molecule has 0 spiro atoms. The van der Waals surface area contributed by atoms with Gasteiger partial charge in [0.15, 0.2) is 0 Å². The third-order valence-corrected chi connectivity index (χ3v) is 1.88. The molecule has 1 N–H and O–H groups in total. The molecule has 1 aromatic carbocycles. The van der Waals surface area contributed by atoms with Gasteiger partial charge >= 0.3 is 5.97 Å². The number of para-hydroxylation sites is 1. The van der Waals surface area contributed by atoms with Crippen LogP contribution < -0.4 is 0 Å². The Bertz CT molecular complexity index is 429. The van der Waals surface area contributed by atoms with E-state index in [0.717, 1.165) is 5.52 Å². The number of carboxylic acids is 1. The second kappa shape index (κ2) is 5.66. The molecule has 3 nitrogen and oxygen atoms in total. The monoisotopic (exact) mass is 215 g/mol. The highest BCUT2D eigenvalue weighted by atomic mass is 16.4. The molecular formula is C13H13NO2. The van der Waals surface area contributed by atoms with E-state index >= 15 is 0 Å². The van der Waals surface area contributed by atoms with Crippen molar-refractivity contribution in [2.75, 3.05) is 0 Å². The van der Waals surface area contributed by atoms with Crippen molar-refractivity contribution in [3.8, 4) is 0 Å². The van der Waals surface area contributed by atoms with Crippen molar-refractivity contribution in [1.82, 2.24) is 4.98 Å². The molecule has 0 amide bonds. The van der Waals surface area contributed by atoms with Crippen molar-refractivity contribution in [3.05, 3.63) is 54.7 Å². The summed E-state index contributed by atoms with van der Waals surface area (Å²) in [5, 5.41) is 9.09. The minimum atomic E-state index is -0.935. The first kappa shape index (κ1) is 11.9. The number of aromatic nitrogens is 1. The van der Waals surface area contributed by atoms with Crippen molar-refractivity contribution in [1.29, 1.82) is 0 Å². The number of nitrogens with zero attached hydrogens (tertiary/aromatic N) is 1. The van der Waals surface area contributed by atoms with Crippen LogP contribution >= 0.6 is 0 Å². The zero-order chi connectivity index (χ0) is 12.0. The fraction of sp³-hybridized carbons (Fsp3) is 0.0769. The molecule has 0 unspecified atom stereocenters. The Hall–Kier alpha value is -2.16. The maximum atomic E-state index is 9.60. The summed E-state index contributed by atoms with van der Waals surface area (Å²) < 4.78 is 0. The number of carboxylic acid groups (broad SMARTS) is 1. The molecule has 0 saturated heterocycles. The predicted octanol–water partition coefficient (Wildman–Crippen LogP) is 2.88. The van der Waals surface area contributed by atoms with E-state index in [9.17, 15) is 4.79 Å². The normalized spacial score (nSPS) is 9.06. The van der Waals surface area contributed by atoms with Gasteiger partial charge in [-0.15, -0.1) is 0 Å². The van der Waals surface area contributed by atoms with Gasteiger partial charge in [-0.2, -0.15) is 0 Å². The highest BCUT2D eigenvalue weighted by Gasteiger charge is 1.90. The second-order valence-corrected chi connectivity index (χ2v) is 3.28. The largest absolute Gasteiger partial charge is 0.478 e. The predicted molar refractivity (Wildman–Crippen MR) is 64.2 cm³/mol. The zero-order valence-corrected chi connectivity index (χ0v) is 9.05. The van der Waals surface area contributed by atoms with Crippen LogP contribution in [-0.4, -0.2) is 16.1 Å². The molecule has 3 heteroatoms. The van der Waals surface area contributed by atoms with Crippen molar-refractivity contribution in [3.63, 3.8) is 0 Å². The van der Waals surface area contributed by atoms with E-state index < -0.39 is 5.97 Å². The number of rotatable bonds is 1. The van der Waals surface area contributed by atoms with E-state index in [0.29, 0.717) is 0 Å². The van der Waals surface area contributed by atoms with E-state index in [1.165, 1.54) is 12.3 Å². The van der Waals surface area contributed by atoms with Gasteiger partial charge in [0.25, 0.3) is 0 Å². The number of pyridine rings is 1. The zero-order valence-electron chi connectivity index (χ0n) is 9.05. The van der Waals surface area contributed by atoms with Crippen LogP contribution in [0.15, 0.2) is 54.7 Å². The average Bonchev–Trinajstić information content (AvgIpc) is 2.30. The Morgan fingerprint density at radius 2 is 1.81 bits per heavy atom. The minimum absolute atomic E-state index is 0.176. The van der Waals surface area contributed by atoms with Gasteiger partial charge < -0.3 is 5.11 Å². The lowest BCUT2D eigenvalue weighted by Crippen LogP contribution is -1.92.